The van der Waals surface area contributed by atoms with Crippen LogP contribution in [0.4, 0.5) is 0 Å². The normalized spacial score (nSPS) is 16.4. The van der Waals surface area contributed by atoms with Crippen LogP contribution in [0.2, 0.25) is 0 Å². The minimum Gasteiger partial charge on any atom is -0.334 e. The molecule has 0 amide bonds. The van der Waals surface area contributed by atoms with Crippen molar-refractivity contribution in [3.63, 3.8) is 0 Å². The van der Waals surface area contributed by atoms with Gasteiger partial charge in [-0.2, -0.15) is 4.98 Å². The number of aliphatic imine (C=N–C) groups is 1. The molecule has 1 aliphatic rings. The Labute approximate surface area is 93.0 Å². The van der Waals surface area contributed by atoms with Crippen LogP contribution < -0.4 is 5.48 Å². The average Bonchev–Trinajstić information content (AvgIpc) is 2.94. The molecule has 6 heteroatoms. The lowest BCUT2D eigenvalue weighted by Gasteiger charge is -1.96. The van der Waals surface area contributed by atoms with Gasteiger partial charge < -0.3 is 4.52 Å². The maximum Gasteiger partial charge on any atom is 0.255 e. The first-order valence-corrected chi connectivity index (χ1v) is 5.32. The van der Waals surface area contributed by atoms with E-state index in [0.29, 0.717) is 11.7 Å². The summed E-state index contributed by atoms with van der Waals surface area (Å²) in [5, 5.41) is 12.3. The van der Waals surface area contributed by atoms with Crippen molar-refractivity contribution in [2.75, 3.05) is 0 Å². The van der Waals surface area contributed by atoms with Gasteiger partial charge in [0.1, 0.15) is 6.34 Å². The van der Waals surface area contributed by atoms with Crippen LogP contribution in [-0.2, 0) is 6.42 Å². The van der Waals surface area contributed by atoms with Crippen LogP contribution in [0, 0.1) is 0 Å². The van der Waals surface area contributed by atoms with Crippen LogP contribution >= 0.6 is 0 Å². The number of allylic oxidation sites excluding steroid dienone is 2. The molecule has 0 aliphatic heterocycles. The summed E-state index contributed by atoms with van der Waals surface area (Å²) in [6, 6.07) is 0. The lowest BCUT2D eigenvalue weighted by Crippen LogP contribution is -2.02. The maximum atomic E-state index is 8.45. The molecule has 0 bridgehead atoms. The molecule has 2 rings (SSSR count). The molecule has 86 valence electrons. The largest absolute Gasteiger partial charge is 0.334 e. The highest BCUT2D eigenvalue weighted by Gasteiger charge is 2.20. The maximum absolute atomic E-state index is 8.45. The smallest absolute Gasteiger partial charge is 0.255 e. The summed E-state index contributed by atoms with van der Waals surface area (Å²) in [6.07, 6.45) is 4.80. The van der Waals surface area contributed by atoms with E-state index in [2.05, 4.69) is 15.1 Å². The molecule has 1 heterocycles. The van der Waals surface area contributed by atoms with Crippen molar-refractivity contribution in [3.05, 3.63) is 17.4 Å². The Bertz CT molecular complexity index is 422. The molecular weight excluding hydrogens is 208 g/mol. The molecule has 0 radical (unpaired) electrons. The van der Waals surface area contributed by atoms with Crippen LogP contribution in [-0.4, -0.2) is 21.7 Å². The number of nitrogens with one attached hydrogen (secondary N) is 1. The van der Waals surface area contributed by atoms with Gasteiger partial charge in [0.05, 0.1) is 5.70 Å². The molecule has 1 aromatic heterocycles. The zero-order chi connectivity index (χ0) is 11.4. The third-order valence-corrected chi connectivity index (χ3v) is 2.51. The van der Waals surface area contributed by atoms with Gasteiger partial charge in [-0.1, -0.05) is 12.1 Å². The van der Waals surface area contributed by atoms with E-state index in [9.17, 15) is 0 Å². The Kier molecular flexibility index (Phi) is 3.31. The van der Waals surface area contributed by atoms with Gasteiger partial charge in [-0.15, -0.1) is 0 Å². The molecule has 0 fully saturated rings. The Morgan fingerprint density at radius 1 is 1.56 bits per heavy atom. The van der Waals surface area contributed by atoms with Gasteiger partial charge in [-0.3, -0.25) is 10.7 Å². The molecule has 6 nitrogen and oxygen atoms in total. The van der Waals surface area contributed by atoms with Gasteiger partial charge in [0, 0.05) is 12.0 Å². The quantitative estimate of drug-likeness (QED) is 0.458. The molecular formula is C10H14N4O2. The second kappa shape index (κ2) is 4.89. The van der Waals surface area contributed by atoms with Crippen molar-refractivity contribution < 1.29 is 9.73 Å². The lowest BCUT2D eigenvalue weighted by molar-refractivity contribution is 0.239. The van der Waals surface area contributed by atoms with Crippen molar-refractivity contribution in [3.8, 4) is 0 Å². The summed E-state index contributed by atoms with van der Waals surface area (Å²) in [5.74, 6) is 1.26. The first-order valence-electron chi connectivity index (χ1n) is 5.32. The van der Waals surface area contributed by atoms with E-state index >= 15 is 0 Å². The standard InChI is InChI=1S/C10H14N4O2/c1-2-9-13-10(16-14-9)7-4-3-5-8(7)11-6-12-15/h6,15H,2-5H2,1H3,(H,11,12). The third kappa shape index (κ3) is 2.11. The lowest BCUT2D eigenvalue weighted by atomic mass is 10.2. The average molecular weight is 222 g/mol. The van der Waals surface area contributed by atoms with Gasteiger partial charge in [0.25, 0.3) is 5.89 Å². The summed E-state index contributed by atoms with van der Waals surface area (Å²) in [4.78, 5) is 8.38. The summed E-state index contributed by atoms with van der Waals surface area (Å²) < 4.78 is 5.17. The van der Waals surface area contributed by atoms with Gasteiger partial charge in [-0.25, -0.2) is 4.99 Å². The Morgan fingerprint density at radius 2 is 2.44 bits per heavy atom. The number of aromatic nitrogens is 2. The number of aryl methyl sites for hydroxylation is 1. The molecule has 1 aliphatic carbocycles. The number of hydroxylamine groups is 1. The predicted molar refractivity (Wildman–Crippen MR) is 57.9 cm³/mol. The molecule has 0 aromatic carbocycles. The van der Waals surface area contributed by atoms with E-state index in [0.717, 1.165) is 37.0 Å². The van der Waals surface area contributed by atoms with Crippen LogP contribution in [0.1, 0.15) is 37.9 Å². The molecule has 0 unspecified atom stereocenters. The number of nitrogens with zero attached hydrogens (tertiary/aromatic N) is 3. The summed E-state index contributed by atoms with van der Waals surface area (Å²) >= 11 is 0. The van der Waals surface area contributed by atoms with Crippen molar-refractivity contribution in [1.82, 2.24) is 15.6 Å². The Hall–Kier alpha value is -1.69. The van der Waals surface area contributed by atoms with Gasteiger partial charge >= 0.3 is 0 Å². The highest BCUT2D eigenvalue weighted by molar-refractivity contribution is 5.67. The second-order valence-corrected chi connectivity index (χ2v) is 3.54. The SMILES string of the molecule is CCc1noc(C2=C(N=CNO)CCC2)n1. The third-order valence-electron chi connectivity index (χ3n) is 2.51. The van der Waals surface area contributed by atoms with E-state index in [-0.39, 0.29) is 0 Å². The highest BCUT2D eigenvalue weighted by Crippen LogP contribution is 2.33. The van der Waals surface area contributed by atoms with E-state index in [4.69, 9.17) is 9.73 Å². The topological polar surface area (TPSA) is 83.5 Å². The fraction of sp³-hybridized carbons (Fsp3) is 0.500. The molecule has 2 N–H and O–H groups in total. The van der Waals surface area contributed by atoms with E-state index in [1.54, 1.807) is 0 Å². The van der Waals surface area contributed by atoms with Crippen molar-refractivity contribution in [2.45, 2.75) is 32.6 Å². The van der Waals surface area contributed by atoms with Crippen LogP contribution in [0.3, 0.4) is 0 Å². The number of hydrogen-bond acceptors (Lipinski definition) is 5. The van der Waals surface area contributed by atoms with E-state index < -0.39 is 0 Å². The minimum absolute atomic E-state index is 0.555. The predicted octanol–water partition coefficient (Wildman–Crippen LogP) is 1.53. The highest BCUT2D eigenvalue weighted by atomic mass is 16.5. The zero-order valence-electron chi connectivity index (χ0n) is 9.10. The van der Waals surface area contributed by atoms with E-state index in [1.165, 1.54) is 6.34 Å². The van der Waals surface area contributed by atoms with Crippen LogP contribution in [0.25, 0.3) is 5.57 Å². The number of rotatable bonds is 4. The minimum atomic E-state index is 0.555. The molecule has 0 spiro atoms. The van der Waals surface area contributed by atoms with Crippen LogP contribution in [0.15, 0.2) is 15.2 Å². The molecule has 0 saturated carbocycles. The fourth-order valence-electron chi connectivity index (χ4n) is 1.73. The monoisotopic (exact) mass is 222 g/mol. The van der Waals surface area contributed by atoms with Crippen molar-refractivity contribution >= 4 is 11.9 Å². The fourth-order valence-corrected chi connectivity index (χ4v) is 1.73. The molecule has 0 saturated heterocycles. The summed E-state index contributed by atoms with van der Waals surface area (Å²) in [6.45, 7) is 1.98. The first-order chi connectivity index (χ1) is 7.85. The van der Waals surface area contributed by atoms with E-state index in [1.807, 2.05) is 12.4 Å². The molecule has 0 atom stereocenters. The van der Waals surface area contributed by atoms with Gasteiger partial charge in [0.2, 0.25) is 0 Å². The van der Waals surface area contributed by atoms with Gasteiger partial charge in [-0.05, 0) is 19.3 Å². The van der Waals surface area contributed by atoms with Crippen molar-refractivity contribution in [2.24, 2.45) is 4.99 Å². The van der Waals surface area contributed by atoms with Crippen LogP contribution in [0.5, 0.6) is 0 Å². The summed E-state index contributed by atoms with van der Waals surface area (Å²) in [5.41, 5.74) is 3.77. The first kappa shape index (κ1) is 10.8. The summed E-state index contributed by atoms with van der Waals surface area (Å²) in [7, 11) is 0. The molecule has 1 aromatic rings. The van der Waals surface area contributed by atoms with Crippen molar-refractivity contribution in [1.29, 1.82) is 0 Å². The Morgan fingerprint density at radius 3 is 3.12 bits per heavy atom. The van der Waals surface area contributed by atoms with Gasteiger partial charge in [0.15, 0.2) is 5.82 Å². The molecule has 16 heavy (non-hydrogen) atoms. The Balaban J connectivity index is 2.26. The second-order valence-electron chi connectivity index (χ2n) is 3.54. The zero-order valence-corrected chi connectivity index (χ0v) is 9.10. The number of hydrogen-bond donors (Lipinski definition) is 2.